The van der Waals surface area contributed by atoms with Gasteiger partial charge in [-0.15, -0.1) is 11.3 Å². The summed E-state index contributed by atoms with van der Waals surface area (Å²) in [6, 6.07) is 2.98. The first-order valence-electron chi connectivity index (χ1n) is 7.26. The summed E-state index contributed by atoms with van der Waals surface area (Å²) in [5.74, 6) is -1.47. The predicted octanol–water partition coefficient (Wildman–Crippen LogP) is 3.55. The summed E-state index contributed by atoms with van der Waals surface area (Å²) in [5, 5.41) is 12.6. The van der Waals surface area contributed by atoms with Gasteiger partial charge in [0.15, 0.2) is 5.13 Å². The van der Waals surface area contributed by atoms with E-state index < -0.39 is 17.5 Å². The van der Waals surface area contributed by atoms with Crippen LogP contribution in [0, 0.1) is 23.3 Å². The van der Waals surface area contributed by atoms with E-state index in [1.807, 2.05) is 0 Å². The number of amides is 1. The number of anilines is 2. The largest absolute Gasteiger partial charge is 0.274 e. The van der Waals surface area contributed by atoms with Gasteiger partial charge in [0, 0.05) is 18.4 Å². The van der Waals surface area contributed by atoms with Crippen molar-refractivity contribution >= 4 is 46.5 Å². The zero-order chi connectivity index (χ0) is 18.8. The molecule has 3 rings (SSSR count). The fraction of sp³-hybridized carbons (Fsp3) is 0.133. The summed E-state index contributed by atoms with van der Waals surface area (Å²) < 4.78 is 28.9. The Balaban J connectivity index is 1.93. The maximum atomic E-state index is 14.1. The number of aryl methyl sites for hydroxylation is 1. The third kappa shape index (κ3) is 3.58. The van der Waals surface area contributed by atoms with E-state index in [1.54, 1.807) is 12.3 Å². The molecule has 0 aliphatic carbocycles. The van der Waals surface area contributed by atoms with Gasteiger partial charge in [0.1, 0.15) is 17.5 Å². The summed E-state index contributed by atoms with van der Waals surface area (Å²) in [6.45, 7) is 3.00. The fourth-order valence-electron chi connectivity index (χ4n) is 2.13. The molecule has 11 heteroatoms. The van der Waals surface area contributed by atoms with Gasteiger partial charge in [-0.1, -0.05) is 0 Å². The molecule has 0 saturated carbocycles. The lowest BCUT2D eigenvalue weighted by atomic mass is 10.2. The molecular formula is C15H12F2N6OS2. The van der Waals surface area contributed by atoms with Crippen molar-refractivity contribution in [3.05, 3.63) is 51.5 Å². The highest BCUT2D eigenvalue weighted by molar-refractivity contribution is 7.71. The standard InChI is InChI=1S/C15H12F2N6OS2/c1-8-20-21-14(25)23(8)18-6-11-7-26-15(19-11)22(9(2)24)13-4-3-10(16)5-12(13)17/h3-7H,1-2H3,(H,21,25)/b18-6-. The molecule has 2 heterocycles. The van der Waals surface area contributed by atoms with E-state index in [9.17, 15) is 13.6 Å². The zero-order valence-corrected chi connectivity index (χ0v) is 15.2. The number of carbonyl (C=O) groups is 1. The molecule has 0 fully saturated rings. The van der Waals surface area contributed by atoms with E-state index in [1.165, 1.54) is 23.9 Å². The highest BCUT2D eigenvalue weighted by Gasteiger charge is 2.21. The number of nitrogens with one attached hydrogen (secondary N) is 1. The van der Waals surface area contributed by atoms with Crippen LogP contribution in [0.3, 0.4) is 0 Å². The first-order chi connectivity index (χ1) is 12.4. The van der Waals surface area contributed by atoms with Gasteiger partial charge in [-0.05, 0) is 31.3 Å². The molecule has 2 aromatic heterocycles. The molecule has 134 valence electrons. The van der Waals surface area contributed by atoms with Gasteiger partial charge in [0.2, 0.25) is 10.7 Å². The molecule has 0 spiro atoms. The number of thiazole rings is 1. The zero-order valence-electron chi connectivity index (χ0n) is 13.6. The predicted molar refractivity (Wildman–Crippen MR) is 96.4 cm³/mol. The number of hydrogen-bond acceptors (Lipinski definition) is 6. The second-order valence-corrected chi connectivity index (χ2v) is 6.36. The topological polar surface area (TPSA) is 79.2 Å². The molecule has 1 amide bonds. The summed E-state index contributed by atoms with van der Waals surface area (Å²) in [6.07, 6.45) is 1.44. The van der Waals surface area contributed by atoms with Crippen molar-refractivity contribution in [1.29, 1.82) is 0 Å². The Morgan fingerprint density at radius 3 is 2.85 bits per heavy atom. The molecule has 1 N–H and O–H groups in total. The summed E-state index contributed by atoms with van der Waals surface area (Å²) >= 11 is 6.17. The van der Waals surface area contributed by atoms with Gasteiger partial charge in [-0.25, -0.2) is 13.8 Å². The molecule has 3 aromatic rings. The molecule has 7 nitrogen and oxygen atoms in total. The lowest BCUT2D eigenvalue weighted by Gasteiger charge is -2.18. The van der Waals surface area contributed by atoms with Gasteiger partial charge in [-0.2, -0.15) is 14.9 Å². The van der Waals surface area contributed by atoms with E-state index in [-0.39, 0.29) is 10.8 Å². The van der Waals surface area contributed by atoms with Gasteiger partial charge in [-0.3, -0.25) is 14.8 Å². The fourth-order valence-corrected chi connectivity index (χ4v) is 3.19. The van der Waals surface area contributed by atoms with Crippen molar-refractivity contribution in [1.82, 2.24) is 19.9 Å². The van der Waals surface area contributed by atoms with Crippen LogP contribution < -0.4 is 4.90 Å². The average molecular weight is 394 g/mol. The van der Waals surface area contributed by atoms with Gasteiger partial charge in [0.25, 0.3) is 0 Å². The van der Waals surface area contributed by atoms with Crippen LogP contribution in [0.5, 0.6) is 0 Å². The van der Waals surface area contributed by atoms with E-state index >= 15 is 0 Å². The molecule has 0 bridgehead atoms. The van der Waals surface area contributed by atoms with Crippen LogP contribution in [0.4, 0.5) is 19.6 Å². The number of H-pyrrole nitrogens is 1. The van der Waals surface area contributed by atoms with Crippen LogP contribution in [0.25, 0.3) is 0 Å². The number of hydrogen-bond donors (Lipinski definition) is 1. The molecule has 0 saturated heterocycles. The highest BCUT2D eigenvalue weighted by atomic mass is 32.1. The Labute approximate surface area is 155 Å². The minimum absolute atomic E-state index is 0.0790. The Hall–Kier alpha value is -2.79. The van der Waals surface area contributed by atoms with E-state index in [4.69, 9.17) is 12.2 Å². The Bertz CT molecular complexity index is 1050. The van der Waals surface area contributed by atoms with Crippen molar-refractivity contribution in [3.8, 4) is 0 Å². The number of benzene rings is 1. The molecule has 1 aromatic carbocycles. The SMILES string of the molecule is CC(=O)N(c1nc(/C=N\n2c(C)n[nH]c2=S)cs1)c1ccc(F)cc1F. The third-order valence-electron chi connectivity index (χ3n) is 3.28. The Morgan fingerprint density at radius 2 is 2.23 bits per heavy atom. The number of halogens is 2. The quantitative estimate of drug-likeness (QED) is 0.542. The van der Waals surface area contributed by atoms with Crippen LogP contribution in [0.15, 0.2) is 28.7 Å². The van der Waals surface area contributed by atoms with E-state index in [0.717, 1.165) is 22.3 Å². The van der Waals surface area contributed by atoms with Crippen LogP contribution in [-0.4, -0.2) is 32.0 Å². The van der Waals surface area contributed by atoms with Crippen LogP contribution in [-0.2, 0) is 4.79 Å². The molecule has 0 unspecified atom stereocenters. The molecule has 0 aliphatic rings. The van der Waals surface area contributed by atoms with E-state index in [2.05, 4.69) is 20.3 Å². The smallest absolute Gasteiger partial charge is 0.230 e. The lowest BCUT2D eigenvalue weighted by molar-refractivity contribution is -0.115. The minimum atomic E-state index is -0.856. The number of nitrogens with zero attached hydrogens (tertiary/aromatic N) is 5. The van der Waals surface area contributed by atoms with Crippen LogP contribution in [0.2, 0.25) is 0 Å². The van der Waals surface area contributed by atoms with Gasteiger partial charge < -0.3 is 0 Å². The normalized spacial score (nSPS) is 11.2. The number of aromatic amines is 1. The summed E-state index contributed by atoms with van der Waals surface area (Å²) in [7, 11) is 0. The Kier molecular flexibility index (Phi) is 5.00. The maximum Gasteiger partial charge on any atom is 0.230 e. The second-order valence-electron chi connectivity index (χ2n) is 5.14. The number of rotatable bonds is 4. The van der Waals surface area contributed by atoms with Gasteiger partial charge >= 0.3 is 0 Å². The molecule has 26 heavy (non-hydrogen) atoms. The van der Waals surface area contributed by atoms with Gasteiger partial charge in [0.05, 0.1) is 17.6 Å². The van der Waals surface area contributed by atoms with Crippen molar-refractivity contribution < 1.29 is 13.6 Å². The second kappa shape index (κ2) is 7.22. The van der Waals surface area contributed by atoms with Crippen molar-refractivity contribution in [2.45, 2.75) is 13.8 Å². The summed E-state index contributed by atoms with van der Waals surface area (Å²) in [4.78, 5) is 17.3. The first kappa shape index (κ1) is 18.0. The number of carbonyl (C=O) groups excluding carboxylic acids is 1. The number of aromatic nitrogens is 4. The molecule has 0 radical (unpaired) electrons. The third-order valence-corrected chi connectivity index (χ3v) is 4.39. The van der Waals surface area contributed by atoms with Crippen molar-refractivity contribution in [2.24, 2.45) is 5.10 Å². The monoisotopic (exact) mass is 394 g/mol. The van der Waals surface area contributed by atoms with Crippen LogP contribution in [0.1, 0.15) is 18.4 Å². The van der Waals surface area contributed by atoms with E-state index in [0.29, 0.717) is 22.4 Å². The van der Waals surface area contributed by atoms with Crippen molar-refractivity contribution in [2.75, 3.05) is 4.90 Å². The lowest BCUT2D eigenvalue weighted by Crippen LogP contribution is -2.23. The Morgan fingerprint density at radius 1 is 1.46 bits per heavy atom. The first-order valence-corrected chi connectivity index (χ1v) is 8.55. The minimum Gasteiger partial charge on any atom is -0.274 e. The molecule has 0 aliphatic heterocycles. The molecular weight excluding hydrogens is 382 g/mol. The summed E-state index contributed by atoms with van der Waals surface area (Å²) in [5.41, 5.74) is 0.367. The highest BCUT2D eigenvalue weighted by Crippen LogP contribution is 2.30. The van der Waals surface area contributed by atoms with Crippen molar-refractivity contribution in [3.63, 3.8) is 0 Å². The maximum absolute atomic E-state index is 14.1. The average Bonchev–Trinajstić information content (AvgIpc) is 3.15. The molecule has 0 atom stereocenters. The van der Waals surface area contributed by atoms with Crippen LogP contribution >= 0.6 is 23.6 Å².